The topological polar surface area (TPSA) is 95.1 Å². The summed E-state index contributed by atoms with van der Waals surface area (Å²) in [6.45, 7) is 1.89. The number of rotatable bonds is 5. The molecule has 0 aliphatic carbocycles. The van der Waals surface area contributed by atoms with E-state index in [4.69, 9.17) is 10.5 Å². The fourth-order valence-electron chi connectivity index (χ4n) is 1.65. The van der Waals surface area contributed by atoms with Gasteiger partial charge in [-0.05, 0) is 19.1 Å². The zero-order valence-electron chi connectivity index (χ0n) is 11.4. The van der Waals surface area contributed by atoms with Crippen LogP contribution in [0, 0.1) is 0 Å². The largest absolute Gasteiger partial charge is 0.497 e. The van der Waals surface area contributed by atoms with Gasteiger partial charge in [-0.2, -0.15) is 0 Å². The molecular weight excluding hydrogens is 258 g/mol. The Morgan fingerprint density at radius 2 is 2.35 bits per heavy atom. The van der Waals surface area contributed by atoms with Gasteiger partial charge < -0.3 is 15.8 Å². The molecule has 2 aromatic rings. The molecule has 0 spiro atoms. The van der Waals surface area contributed by atoms with Crippen molar-refractivity contribution in [3.63, 3.8) is 0 Å². The Kier molecular flexibility index (Phi) is 4.31. The third-order valence-corrected chi connectivity index (χ3v) is 2.68. The number of nitrogens with zero attached hydrogens (tertiary/aromatic N) is 3. The molecule has 0 aliphatic rings. The van der Waals surface area contributed by atoms with Crippen molar-refractivity contribution >= 4 is 11.6 Å². The minimum atomic E-state index is -0.204. The van der Waals surface area contributed by atoms with E-state index in [-0.39, 0.29) is 18.5 Å². The number of nitrogens with two attached hydrogens (primary N) is 1. The van der Waals surface area contributed by atoms with Crippen LogP contribution in [0.25, 0.3) is 0 Å². The number of hydrogen-bond donors (Lipinski definition) is 2. The lowest BCUT2D eigenvalue weighted by atomic mass is 10.3. The highest BCUT2D eigenvalue weighted by Gasteiger charge is 2.09. The molecule has 1 unspecified atom stereocenters. The molecule has 106 valence electrons. The van der Waals surface area contributed by atoms with Crippen molar-refractivity contribution in [1.29, 1.82) is 0 Å². The van der Waals surface area contributed by atoms with Gasteiger partial charge in [0.2, 0.25) is 5.91 Å². The second-order valence-electron chi connectivity index (χ2n) is 4.41. The maximum Gasteiger partial charge on any atom is 0.246 e. The molecular formula is C13H17N5O2. The summed E-state index contributed by atoms with van der Waals surface area (Å²) in [5, 5.41) is 10.5. The summed E-state index contributed by atoms with van der Waals surface area (Å²) >= 11 is 0. The number of nitrogens with one attached hydrogen (secondary N) is 1. The van der Waals surface area contributed by atoms with E-state index in [0.29, 0.717) is 17.1 Å². The molecule has 0 bridgehead atoms. The van der Waals surface area contributed by atoms with E-state index in [1.807, 2.05) is 13.0 Å². The standard InChI is InChI=1S/C13H17N5O2/c1-9(14)12-7-18(17-16-12)8-13(19)15-10-4-3-5-11(6-10)20-2/h3-7,9H,8,14H2,1-2H3,(H,15,19). The monoisotopic (exact) mass is 275 g/mol. The van der Waals surface area contributed by atoms with Crippen LogP contribution < -0.4 is 15.8 Å². The molecule has 20 heavy (non-hydrogen) atoms. The maximum atomic E-state index is 11.9. The van der Waals surface area contributed by atoms with Crippen LogP contribution in [0.15, 0.2) is 30.5 Å². The van der Waals surface area contributed by atoms with Gasteiger partial charge in [-0.3, -0.25) is 4.79 Å². The van der Waals surface area contributed by atoms with Crippen LogP contribution in [0.1, 0.15) is 18.7 Å². The van der Waals surface area contributed by atoms with E-state index in [1.165, 1.54) is 4.68 Å². The lowest BCUT2D eigenvalue weighted by molar-refractivity contribution is -0.116. The fraction of sp³-hybridized carbons (Fsp3) is 0.308. The summed E-state index contributed by atoms with van der Waals surface area (Å²) in [5.41, 5.74) is 7.00. The van der Waals surface area contributed by atoms with E-state index in [0.717, 1.165) is 0 Å². The van der Waals surface area contributed by atoms with Gasteiger partial charge in [0.15, 0.2) is 0 Å². The summed E-state index contributed by atoms with van der Waals surface area (Å²) in [6, 6.07) is 6.94. The first-order valence-corrected chi connectivity index (χ1v) is 6.18. The molecule has 0 radical (unpaired) electrons. The van der Waals surface area contributed by atoms with Crippen molar-refractivity contribution in [1.82, 2.24) is 15.0 Å². The Hall–Kier alpha value is -2.41. The number of carbonyl (C=O) groups is 1. The van der Waals surface area contributed by atoms with Crippen molar-refractivity contribution < 1.29 is 9.53 Å². The molecule has 2 rings (SSSR count). The Morgan fingerprint density at radius 3 is 3.00 bits per heavy atom. The number of hydrogen-bond acceptors (Lipinski definition) is 5. The highest BCUT2D eigenvalue weighted by molar-refractivity contribution is 5.90. The Balaban J connectivity index is 1.97. The lowest BCUT2D eigenvalue weighted by Gasteiger charge is -2.06. The highest BCUT2D eigenvalue weighted by atomic mass is 16.5. The van der Waals surface area contributed by atoms with Gasteiger partial charge in [0.1, 0.15) is 12.3 Å². The first-order chi connectivity index (χ1) is 9.58. The maximum absolute atomic E-state index is 11.9. The Labute approximate surface area is 116 Å². The molecule has 0 saturated heterocycles. The van der Waals surface area contributed by atoms with E-state index in [1.54, 1.807) is 31.5 Å². The second-order valence-corrected chi connectivity index (χ2v) is 4.41. The molecule has 1 atom stereocenters. The van der Waals surface area contributed by atoms with Gasteiger partial charge in [-0.15, -0.1) is 5.10 Å². The highest BCUT2D eigenvalue weighted by Crippen LogP contribution is 2.16. The molecule has 1 amide bonds. The quantitative estimate of drug-likeness (QED) is 0.847. The molecule has 0 aliphatic heterocycles. The summed E-state index contributed by atoms with van der Waals surface area (Å²) in [5.74, 6) is 0.488. The van der Waals surface area contributed by atoms with Crippen LogP contribution in [-0.2, 0) is 11.3 Å². The van der Waals surface area contributed by atoms with Gasteiger partial charge >= 0.3 is 0 Å². The normalized spacial score (nSPS) is 11.9. The van der Waals surface area contributed by atoms with Gasteiger partial charge in [-0.1, -0.05) is 11.3 Å². The molecule has 0 fully saturated rings. The number of benzene rings is 1. The van der Waals surface area contributed by atoms with Crippen LogP contribution in [0.2, 0.25) is 0 Å². The first kappa shape index (κ1) is 14.0. The summed E-state index contributed by atoms with van der Waals surface area (Å²) in [4.78, 5) is 11.9. The number of ether oxygens (including phenoxy) is 1. The fourth-order valence-corrected chi connectivity index (χ4v) is 1.65. The van der Waals surface area contributed by atoms with Crippen molar-refractivity contribution in [3.05, 3.63) is 36.2 Å². The van der Waals surface area contributed by atoms with Crippen LogP contribution in [-0.4, -0.2) is 28.0 Å². The minimum absolute atomic E-state index is 0.0803. The molecule has 7 heteroatoms. The number of aromatic nitrogens is 3. The van der Waals surface area contributed by atoms with Crippen LogP contribution in [0.3, 0.4) is 0 Å². The molecule has 1 aromatic heterocycles. The van der Waals surface area contributed by atoms with E-state index in [9.17, 15) is 4.79 Å². The molecule has 3 N–H and O–H groups in total. The van der Waals surface area contributed by atoms with Gasteiger partial charge in [0, 0.05) is 17.8 Å². The second kappa shape index (κ2) is 6.16. The van der Waals surface area contributed by atoms with Crippen molar-refractivity contribution in [3.8, 4) is 5.75 Å². The van der Waals surface area contributed by atoms with Crippen molar-refractivity contribution in [2.24, 2.45) is 5.73 Å². The molecule has 7 nitrogen and oxygen atoms in total. The number of anilines is 1. The van der Waals surface area contributed by atoms with Gasteiger partial charge in [-0.25, -0.2) is 4.68 Å². The number of carbonyl (C=O) groups excluding carboxylic acids is 1. The Morgan fingerprint density at radius 1 is 1.55 bits per heavy atom. The summed E-state index contributed by atoms with van der Waals surface area (Å²) in [7, 11) is 1.58. The van der Waals surface area contributed by atoms with Crippen LogP contribution >= 0.6 is 0 Å². The first-order valence-electron chi connectivity index (χ1n) is 6.18. The van der Waals surface area contributed by atoms with Crippen LogP contribution in [0.5, 0.6) is 5.75 Å². The van der Waals surface area contributed by atoms with E-state index < -0.39 is 0 Å². The van der Waals surface area contributed by atoms with Crippen LogP contribution in [0.4, 0.5) is 5.69 Å². The average Bonchev–Trinajstić information content (AvgIpc) is 2.87. The number of amides is 1. The molecule has 0 saturated carbocycles. The number of methoxy groups -OCH3 is 1. The van der Waals surface area contributed by atoms with Crippen molar-refractivity contribution in [2.75, 3.05) is 12.4 Å². The Bertz CT molecular complexity index is 594. The minimum Gasteiger partial charge on any atom is -0.497 e. The molecule has 1 heterocycles. The predicted molar refractivity (Wildman–Crippen MR) is 74.2 cm³/mol. The third-order valence-electron chi connectivity index (χ3n) is 2.68. The van der Waals surface area contributed by atoms with Crippen molar-refractivity contribution in [2.45, 2.75) is 19.5 Å². The predicted octanol–water partition coefficient (Wildman–Crippen LogP) is 0.945. The SMILES string of the molecule is COc1cccc(NC(=O)Cn2cc(C(C)N)nn2)c1. The zero-order chi connectivity index (χ0) is 14.5. The summed E-state index contributed by atoms with van der Waals surface area (Å²) < 4.78 is 6.54. The van der Waals surface area contributed by atoms with Gasteiger partial charge in [0.25, 0.3) is 0 Å². The smallest absolute Gasteiger partial charge is 0.246 e. The average molecular weight is 275 g/mol. The van der Waals surface area contributed by atoms with Gasteiger partial charge in [0.05, 0.1) is 19.0 Å². The summed E-state index contributed by atoms with van der Waals surface area (Å²) in [6.07, 6.45) is 1.66. The van der Waals surface area contributed by atoms with E-state index in [2.05, 4.69) is 15.6 Å². The molecule has 1 aromatic carbocycles. The van der Waals surface area contributed by atoms with E-state index >= 15 is 0 Å². The zero-order valence-corrected chi connectivity index (χ0v) is 11.4. The lowest BCUT2D eigenvalue weighted by Crippen LogP contribution is -2.19. The third kappa shape index (κ3) is 3.55.